The van der Waals surface area contributed by atoms with Gasteiger partial charge in [0.2, 0.25) is 6.43 Å². The number of hydrogen-bond acceptors (Lipinski definition) is 0. The molecule has 0 heterocycles. The minimum Gasteiger partial charge on any atom is -0.210 e. The third-order valence-corrected chi connectivity index (χ3v) is 1.03. The fourth-order valence-corrected chi connectivity index (χ4v) is 0.523. The van der Waals surface area contributed by atoms with Gasteiger partial charge in [-0.2, -0.15) is 0 Å². The largest absolute Gasteiger partial charge is 0.242 e. The van der Waals surface area contributed by atoms with Crippen LogP contribution < -0.4 is 0 Å². The van der Waals surface area contributed by atoms with E-state index in [-0.39, 0.29) is 6.42 Å². The van der Waals surface area contributed by atoms with Gasteiger partial charge in [0.1, 0.15) is 0 Å². The predicted molar refractivity (Wildman–Crippen MR) is 37.8 cm³/mol. The lowest BCUT2D eigenvalue weighted by Crippen LogP contribution is -1.86. The van der Waals surface area contributed by atoms with E-state index in [2.05, 4.69) is 5.92 Å². The van der Waals surface area contributed by atoms with Crippen molar-refractivity contribution in [3.63, 3.8) is 0 Å². The zero-order valence-corrected chi connectivity index (χ0v) is 5.90. The summed E-state index contributed by atoms with van der Waals surface area (Å²) in [4.78, 5) is 0. The highest BCUT2D eigenvalue weighted by molar-refractivity contribution is 5.07. The van der Waals surface area contributed by atoms with Crippen molar-refractivity contribution in [1.82, 2.24) is 0 Å². The first kappa shape index (κ1) is 9.16. The van der Waals surface area contributed by atoms with Crippen LogP contribution >= 0.6 is 0 Å². The predicted octanol–water partition coefficient (Wildman–Crippen LogP) is 2.61. The van der Waals surface area contributed by atoms with Crippen molar-refractivity contribution in [3.8, 4) is 12.3 Å². The molecule has 2 heteroatoms. The smallest absolute Gasteiger partial charge is 0.210 e. The van der Waals surface area contributed by atoms with Gasteiger partial charge in [0.25, 0.3) is 0 Å². The summed E-state index contributed by atoms with van der Waals surface area (Å²) in [6, 6.07) is 0. The van der Waals surface area contributed by atoms with E-state index in [1.165, 1.54) is 6.08 Å². The summed E-state index contributed by atoms with van der Waals surface area (Å²) in [7, 11) is 0. The van der Waals surface area contributed by atoms with Crippen LogP contribution in [0.3, 0.4) is 0 Å². The van der Waals surface area contributed by atoms with Crippen molar-refractivity contribution >= 4 is 0 Å². The second-order valence-electron chi connectivity index (χ2n) is 2.06. The lowest BCUT2D eigenvalue weighted by atomic mass is 10.2. The third kappa shape index (κ3) is 5.30. The molecule has 0 saturated carbocycles. The summed E-state index contributed by atoms with van der Waals surface area (Å²) in [5.41, 5.74) is 0.836. The molecule has 0 aliphatic heterocycles. The molecular weight excluding hydrogens is 134 g/mol. The lowest BCUT2D eigenvalue weighted by molar-refractivity contribution is 0.152. The van der Waals surface area contributed by atoms with Crippen LogP contribution in [0.25, 0.3) is 0 Å². The normalized spacial score (nSPS) is 11.7. The number of allylic oxidation sites excluding steroid dienone is 2. The van der Waals surface area contributed by atoms with E-state index in [1.807, 2.05) is 0 Å². The molecule has 0 radical (unpaired) electrons. The van der Waals surface area contributed by atoms with E-state index in [9.17, 15) is 8.78 Å². The van der Waals surface area contributed by atoms with E-state index >= 15 is 0 Å². The molecule has 0 aliphatic carbocycles. The molecular formula is C8H10F2. The summed E-state index contributed by atoms with van der Waals surface area (Å²) in [5, 5.41) is 0. The maximum Gasteiger partial charge on any atom is 0.242 e. The first-order valence-electron chi connectivity index (χ1n) is 3.04. The van der Waals surface area contributed by atoms with Crippen LogP contribution in [0.5, 0.6) is 0 Å². The molecule has 0 fully saturated rings. The number of hydrogen-bond donors (Lipinski definition) is 0. The number of halogens is 2. The van der Waals surface area contributed by atoms with Gasteiger partial charge < -0.3 is 0 Å². The summed E-state index contributed by atoms with van der Waals surface area (Å²) in [6.45, 7) is 1.75. The van der Waals surface area contributed by atoms with Gasteiger partial charge in [-0.3, -0.25) is 0 Å². The van der Waals surface area contributed by atoms with E-state index in [0.717, 1.165) is 5.57 Å². The highest BCUT2D eigenvalue weighted by Crippen LogP contribution is 2.05. The van der Waals surface area contributed by atoms with Gasteiger partial charge in [-0.05, 0) is 6.92 Å². The van der Waals surface area contributed by atoms with Gasteiger partial charge in [0.05, 0.1) is 0 Å². The van der Waals surface area contributed by atoms with Crippen LogP contribution in [-0.4, -0.2) is 6.43 Å². The summed E-state index contributed by atoms with van der Waals surface area (Å²) in [6.07, 6.45) is 4.46. The van der Waals surface area contributed by atoms with Crippen molar-refractivity contribution in [2.45, 2.75) is 26.2 Å². The molecule has 10 heavy (non-hydrogen) atoms. The average Bonchev–Trinajstić information content (AvgIpc) is 1.85. The topological polar surface area (TPSA) is 0 Å². The van der Waals surface area contributed by atoms with Gasteiger partial charge in [0, 0.05) is 12.8 Å². The monoisotopic (exact) mass is 144 g/mol. The fourth-order valence-electron chi connectivity index (χ4n) is 0.523. The molecule has 0 rings (SSSR count). The van der Waals surface area contributed by atoms with Gasteiger partial charge in [0.15, 0.2) is 0 Å². The Kier molecular flexibility index (Phi) is 4.57. The molecule has 0 aliphatic rings. The van der Waals surface area contributed by atoms with Crippen molar-refractivity contribution in [2.24, 2.45) is 0 Å². The number of rotatable bonds is 3. The Hall–Kier alpha value is -0.840. The average molecular weight is 144 g/mol. The van der Waals surface area contributed by atoms with Crippen LogP contribution in [0, 0.1) is 12.3 Å². The third-order valence-electron chi connectivity index (χ3n) is 1.03. The maximum atomic E-state index is 11.5. The van der Waals surface area contributed by atoms with Crippen LogP contribution in [-0.2, 0) is 0 Å². The molecule has 56 valence electrons. The van der Waals surface area contributed by atoms with Crippen molar-refractivity contribution < 1.29 is 8.78 Å². The molecule has 0 aromatic heterocycles. The molecule has 0 N–H and O–H groups in total. The standard InChI is InChI=1S/C8H10F2/c1-3-4-7(2)5-6-8(9)10/h1,5,8H,4,6H2,2H3. The lowest BCUT2D eigenvalue weighted by Gasteiger charge is -1.93. The maximum absolute atomic E-state index is 11.5. The SMILES string of the molecule is C#CCC(C)=CCC(F)F. The minimum atomic E-state index is -2.26. The molecule has 0 spiro atoms. The van der Waals surface area contributed by atoms with E-state index < -0.39 is 6.43 Å². The van der Waals surface area contributed by atoms with Crippen molar-refractivity contribution in [3.05, 3.63) is 11.6 Å². The number of alkyl halides is 2. The van der Waals surface area contributed by atoms with Gasteiger partial charge >= 0.3 is 0 Å². The second kappa shape index (κ2) is 4.99. The van der Waals surface area contributed by atoms with Gasteiger partial charge in [-0.25, -0.2) is 8.78 Å². The molecule has 0 aromatic carbocycles. The molecule has 0 amide bonds. The Balaban J connectivity index is 3.60. The van der Waals surface area contributed by atoms with E-state index in [0.29, 0.717) is 6.42 Å². The van der Waals surface area contributed by atoms with Crippen LogP contribution in [0.1, 0.15) is 19.8 Å². The van der Waals surface area contributed by atoms with Crippen molar-refractivity contribution in [2.75, 3.05) is 0 Å². The minimum absolute atomic E-state index is 0.187. The Bertz CT molecular complexity index is 151. The Morgan fingerprint density at radius 2 is 2.30 bits per heavy atom. The van der Waals surface area contributed by atoms with Gasteiger partial charge in [-0.1, -0.05) is 11.6 Å². The first-order chi connectivity index (χ1) is 4.66. The zero-order valence-electron chi connectivity index (χ0n) is 5.90. The zero-order chi connectivity index (χ0) is 7.98. The molecule has 0 aromatic rings. The summed E-state index contributed by atoms with van der Waals surface area (Å²) >= 11 is 0. The second-order valence-corrected chi connectivity index (χ2v) is 2.06. The Labute approximate surface area is 59.9 Å². The van der Waals surface area contributed by atoms with Gasteiger partial charge in [-0.15, -0.1) is 12.3 Å². The highest BCUT2D eigenvalue weighted by Gasteiger charge is 1.97. The Morgan fingerprint density at radius 3 is 2.70 bits per heavy atom. The molecule has 0 unspecified atom stereocenters. The van der Waals surface area contributed by atoms with E-state index in [4.69, 9.17) is 6.42 Å². The van der Waals surface area contributed by atoms with Crippen molar-refractivity contribution in [1.29, 1.82) is 0 Å². The fraction of sp³-hybridized carbons (Fsp3) is 0.500. The Morgan fingerprint density at radius 1 is 1.70 bits per heavy atom. The highest BCUT2D eigenvalue weighted by atomic mass is 19.3. The van der Waals surface area contributed by atoms with E-state index in [1.54, 1.807) is 6.92 Å². The molecule has 0 atom stereocenters. The molecule has 0 nitrogen and oxygen atoms in total. The van der Waals surface area contributed by atoms with Crippen LogP contribution in [0.4, 0.5) is 8.78 Å². The summed E-state index contributed by atoms with van der Waals surface area (Å²) in [5.74, 6) is 2.38. The van der Waals surface area contributed by atoms with Crippen LogP contribution in [0.15, 0.2) is 11.6 Å². The first-order valence-corrected chi connectivity index (χ1v) is 3.04. The number of terminal acetylenes is 1. The molecule has 0 saturated heterocycles. The summed E-state index contributed by atoms with van der Waals surface area (Å²) < 4.78 is 23.1. The quantitative estimate of drug-likeness (QED) is 0.422. The molecule has 0 bridgehead atoms. The van der Waals surface area contributed by atoms with Crippen LogP contribution in [0.2, 0.25) is 0 Å².